The van der Waals surface area contributed by atoms with Gasteiger partial charge in [-0.05, 0) is 36.5 Å². The molecular formula is C17H22N2O2. The molecule has 1 atom stereocenters. The van der Waals surface area contributed by atoms with Crippen LogP contribution in [0.2, 0.25) is 0 Å². The molecule has 0 saturated carbocycles. The molecule has 2 aliphatic heterocycles. The summed E-state index contributed by atoms with van der Waals surface area (Å²) in [6.07, 6.45) is 1.95. The van der Waals surface area contributed by atoms with Gasteiger partial charge in [0.15, 0.2) is 0 Å². The fraction of sp³-hybridized carbons (Fsp3) is 0.529. The van der Waals surface area contributed by atoms with Crippen LogP contribution in [0.4, 0.5) is 0 Å². The Labute approximate surface area is 125 Å². The molecule has 21 heavy (non-hydrogen) atoms. The zero-order chi connectivity index (χ0) is 15.0. The molecule has 1 fully saturated rings. The number of rotatable bonds is 1. The normalized spacial score (nSPS) is 25.2. The lowest BCUT2D eigenvalue weighted by molar-refractivity contribution is -0.147. The lowest BCUT2D eigenvalue weighted by Crippen LogP contribution is -2.50. The molecule has 1 aromatic rings. The minimum atomic E-state index is -0.539. The first-order valence-electron chi connectivity index (χ1n) is 7.63. The minimum Gasteiger partial charge on any atom is -0.356 e. The van der Waals surface area contributed by atoms with E-state index in [1.165, 1.54) is 16.7 Å². The number of carbonyl (C=O) groups is 2. The highest BCUT2D eigenvalue weighted by Gasteiger charge is 2.41. The van der Waals surface area contributed by atoms with Crippen molar-refractivity contribution in [2.45, 2.75) is 39.7 Å². The summed E-state index contributed by atoms with van der Waals surface area (Å²) in [6.45, 7) is 6.07. The number of carbonyl (C=O) groups excluding carboxylic acids is 2. The van der Waals surface area contributed by atoms with Gasteiger partial charge in [-0.3, -0.25) is 9.59 Å². The SMILES string of the molecule is Cc1cccc2c1CN(C(=O)C1(C)CCNC(=O)C1)CC2. The lowest BCUT2D eigenvalue weighted by atomic mass is 9.78. The van der Waals surface area contributed by atoms with Crippen LogP contribution in [-0.2, 0) is 22.6 Å². The monoisotopic (exact) mass is 286 g/mol. The van der Waals surface area contributed by atoms with Gasteiger partial charge in [0.1, 0.15) is 0 Å². The maximum Gasteiger partial charge on any atom is 0.229 e. The average Bonchev–Trinajstić information content (AvgIpc) is 2.46. The third kappa shape index (κ3) is 2.55. The van der Waals surface area contributed by atoms with Gasteiger partial charge < -0.3 is 10.2 Å². The highest BCUT2D eigenvalue weighted by molar-refractivity contribution is 5.90. The lowest BCUT2D eigenvalue weighted by Gasteiger charge is -2.39. The Kier molecular flexibility index (Phi) is 3.47. The van der Waals surface area contributed by atoms with Crippen molar-refractivity contribution in [3.63, 3.8) is 0 Å². The quantitative estimate of drug-likeness (QED) is 0.856. The summed E-state index contributed by atoms with van der Waals surface area (Å²) in [5.41, 5.74) is 3.34. The molecule has 1 aromatic carbocycles. The van der Waals surface area contributed by atoms with Crippen LogP contribution in [0.1, 0.15) is 36.5 Å². The van der Waals surface area contributed by atoms with Gasteiger partial charge in [-0.15, -0.1) is 0 Å². The maximum absolute atomic E-state index is 12.9. The molecule has 1 saturated heterocycles. The summed E-state index contributed by atoms with van der Waals surface area (Å²) in [5.74, 6) is 0.122. The second kappa shape index (κ2) is 5.17. The van der Waals surface area contributed by atoms with Crippen LogP contribution in [0.5, 0.6) is 0 Å². The summed E-state index contributed by atoms with van der Waals surface area (Å²) < 4.78 is 0. The highest BCUT2D eigenvalue weighted by Crippen LogP contribution is 2.33. The van der Waals surface area contributed by atoms with Crippen LogP contribution >= 0.6 is 0 Å². The van der Waals surface area contributed by atoms with Crippen LogP contribution in [-0.4, -0.2) is 29.8 Å². The van der Waals surface area contributed by atoms with Crippen LogP contribution in [0.15, 0.2) is 18.2 Å². The third-order valence-electron chi connectivity index (χ3n) is 4.86. The molecule has 2 amide bonds. The standard InChI is InChI=1S/C17H22N2O2/c1-12-4-3-5-13-6-9-19(11-14(12)13)16(21)17(2)7-8-18-15(20)10-17/h3-5H,6-11H2,1-2H3,(H,18,20). The summed E-state index contributed by atoms with van der Waals surface area (Å²) in [7, 11) is 0. The van der Waals surface area contributed by atoms with Gasteiger partial charge in [-0.1, -0.05) is 25.1 Å². The van der Waals surface area contributed by atoms with E-state index in [1.54, 1.807) is 0 Å². The zero-order valence-corrected chi connectivity index (χ0v) is 12.7. The van der Waals surface area contributed by atoms with E-state index in [0.717, 1.165) is 19.4 Å². The van der Waals surface area contributed by atoms with Crippen molar-refractivity contribution in [2.24, 2.45) is 5.41 Å². The fourth-order valence-electron chi connectivity index (χ4n) is 3.47. The predicted octanol–water partition coefficient (Wildman–Crippen LogP) is 1.80. The predicted molar refractivity (Wildman–Crippen MR) is 80.7 cm³/mol. The molecule has 2 aliphatic rings. The van der Waals surface area contributed by atoms with Crippen molar-refractivity contribution >= 4 is 11.8 Å². The Bertz CT molecular complexity index is 596. The smallest absolute Gasteiger partial charge is 0.229 e. The summed E-state index contributed by atoms with van der Waals surface area (Å²) in [5, 5.41) is 2.81. The Morgan fingerprint density at radius 2 is 2.19 bits per heavy atom. The number of hydrogen-bond acceptors (Lipinski definition) is 2. The van der Waals surface area contributed by atoms with E-state index in [2.05, 4.69) is 30.4 Å². The van der Waals surface area contributed by atoms with Gasteiger partial charge in [0.05, 0.1) is 5.41 Å². The molecule has 2 heterocycles. The van der Waals surface area contributed by atoms with E-state index >= 15 is 0 Å². The second-order valence-electron chi connectivity index (χ2n) is 6.53. The van der Waals surface area contributed by atoms with Crippen molar-refractivity contribution in [3.05, 3.63) is 34.9 Å². The number of benzene rings is 1. The molecular weight excluding hydrogens is 264 g/mol. The van der Waals surface area contributed by atoms with Crippen LogP contribution in [0.3, 0.4) is 0 Å². The Morgan fingerprint density at radius 1 is 1.38 bits per heavy atom. The Morgan fingerprint density at radius 3 is 2.95 bits per heavy atom. The zero-order valence-electron chi connectivity index (χ0n) is 12.7. The topological polar surface area (TPSA) is 49.4 Å². The van der Waals surface area contributed by atoms with Gasteiger partial charge in [0.2, 0.25) is 11.8 Å². The molecule has 3 rings (SSSR count). The van der Waals surface area contributed by atoms with Crippen molar-refractivity contribution in [1.29, 1.82) is 0 Å². The molecule has 1 N–H and O–H groups in total. The number of aryl methyl sites for hydroxylation is 1. The summed E-state index contributed by atoms with van der Waals surface area (Å²) in [4.78, 5) is 26.5. The minimum absolute atomic E-state index is 0.00862. The van der Waals surface area contributed by atoms with E-state index < -0.39 is 5.41 Å². The molecule has 0 spiro atoms. The Hall–Kier alpha value is -1.84. The summed E-state index contributed by atoms with van der Waals surface area (Å²) >= 11 is 0. The van der Waals surface area contributed by atoms with Crippen molar-refractivity contribution in [3.8, 4) is 0 Å². The van der Waals surface area contributed by atoms with Gasteiger partial charge in [-0.2, -0.15) is 0 Å². The molecule has 1 unspecified atom stereocenters. The maximum atomic E-state index is 12.9. The van der Waals surface area contributed by atoms with E-state index in [1.807, 2.05) is 11.8 Å². The van der Waals surface area contributed by atoms with E-state index in [9.17, 15) is 9.59 Å². The van der Waals surface area contributed by atoms with Gasteiger partial charge in [0.25, 0.3) is 0 Å². The number of fused-ring (bicyclic) bond motifs is 1. The number of nitrogens with one attached hydrogen (secondary N) is 1. The van der Waals surface area contributed by atoms with Crippen LogP contribution < -0.4 is 5.32 Å². The van der Waals surface area contributed by atoms with E-state index in [0.29, 0.717) is 19.5 Å². The number of piperidine rings is 1. The first kappa shape index (κ1) is 14.1. The number of nitrogens with zero attached hydrogens (tertiary/aromatic N) is 1. The number of amides is 2. The van der Waals surface area contributed by atoms with E-state index in [-0.39, 0.29) is 11.8 Å². The van der Waals surface area contributed by atoms with E-state index in [4.69, 9.17) is 0 Å². The number of hydrogen-bond donors (Lipinski definition) is 1. The summed E-state index contributed by atoms with van der Waals surface area (Å²) in [6, 6.07) is 6.33. The second-order valence-corrected chi connectivity index (χ2v) is 6.53. The molecule has 0 aromatic heterocycles. The Balaban J connectivity index is 1.81. The highest BCUT2D eigenvalue weighted by atomic mass is 16.2. The van der Waals surface area contributed by atoms with Crippen molar-refractivity contribution in [2.75, 3.05) is 13.1 Å². The van der Waals surface area contributed by atoms with Crippen LogP contribution in [0.25, 0.3) is 0 Å². The first-order chi connectivity index (χ1) is 9.99. The molecule has 4 heteroatoms. The van der Waals surface area contributed by atoms with Crippen molar-refractivity contribution < 1.29 is 9.59 Å². The third-order valence-corrected chi connectivity index (χ3v) is 4.86. The fourth-order valence-corrected chi connectivity index (χ4v) is 3.47. The van der Waals surface area contributed by atoms with Gasteiger partial charge in [-0.25, -0.2) is 0 Å². The van der Waals surface area contributed by atoms with Gasteiger partial charge in [0, 0.05) is 26.1 Å². The molecule has 0 radical (unpaired) electrons. The van der Waals surface area contributed by atoms with Crippen molar-refractivity contribution in [1.82, 2.24) is 10.2 Å². The molecule has 0 bridgehead atoms. The molecule has 112 valence electrons. The first-order valence-corrected chi connectivity index (χ1v) is 7.63. The molecule has 4 nitrogen and oxygen atoms in total. The average molecular weight is 286 g/mol. The van der Waals surface area contributed by atoms with Gasteiger partial charge >= 0.3 is 0 Å². The largest absolute Gasteiger partial charge is 0.356 e. The van der Waals surface area contributed by atoms with Crippen LogP contribution in [0, 0.1) is 12.3 Å². The molecule has 0 aliphatic carbocycles.